The maximum atomic E-state index is 12.0. The van der Waals surface area contributed by atoms with E-state index in [0.717, 1.165) is 0 Å². The average molecular weight is 332 g/mol. The molecule has 6 nitrogen and oxygen atoms in total. The third-order valence-electron chi connectivity index (χ3n) is 2.18. The van der Waals surface area contributed by atoms with Crippen molar-refractivity contribution in [3.8, 4) is 5.75 Å². The molecular formula is C10H10BrN3O3S. The Morgan fingerprint density at radius 3 is 2.72 bits per heavy atom. The van der Waals surface area contributed by atoms with E-state index in [4.69, 9.17) is 4.74 Å². The minimum atomic E-state index is -3.64. The first-order chi connectivity index (χ1) is 8.53. The lowest BCUT2D eigenvalue weighted by Gasteiger charge is -2.08. The van der Waals surface area contributed by atoms with Crippen LogP contribution in [0.1, 0.15) is 0 Å². The summed E-state index contributed by atoms with van der Waals surface area (Å²) in [5, 5.41) is 6.19. The number of rotatable bonds is 4. The lowest BCUT2D eigenvalue weighted by molar-refractivity contribution is 0.411. The number of nitrogens with one attached hydrogen (secondary N) is 2. The normalized spacial score (nSPS) is 11.2. The molecule has 0 aliphatic carbocycles. The molecule has 0 radical (unpaired) electrons. The van der Waals surface area contributed by atoms with Crippen LogP contribution in [0, 0.1) is 0 Å². The van der Waals surface area contributed by atoms with Gasteiger partial charge in [-0.25, -0.2) is 8.42 Å². The number of benzene rings is 1. The molecule has 0 aliphatic heterocycles. The van der Waals surface area contributed by atoms with Crippen molar-refractivity contribution in [3.63, 3.8) is 0 Å². The molecule has 2 aromatic rings. The summed E-state index contributed by atoms with van der Waals surface area (Å²) in [5.41, 5.74) is 0. The van der Waals surface area contributed by atoms with Crippen molar-refractivity contribution in [1.29, 1.82) is 0 Å². The molecule has 0 amide bonds. The zero-order chi connectivity index (χ0) is 13.2. The molecule has 2 rings (SSSR count). The number of ether oxygens (including phenoxy) is 1. The van der Waals surface area contributed by atoms with Gasteiger partial charge >= 0.3 is 0 Å². The van der Waals surface area contributed by atoms with Gasteiger partial charge in [-0.1, -0.05) is 0 Å². The van der Waals surface area contributed by atoms with Gasteiger partial charge in [-0.05, 0) is 34.1 Å². The number of nitrogens with zero attached hydrogens (tertiary/aromatic N) is 1. The molecule has 1 aromatic heterocycles. The smallest absolute Gasteiger partial charge is 0.263 e. The fourth-order valence-electron chi connectivity index (χ4n) is 1.33. The number of methoxy groups -OCH3 is 1. The van der Waals surface area contributed by atoms with Gasteiger partial charge in [0.15, 0.2) is 0 Å². The van der Waals surface area contributed by atoms with Crippen LogP contribution in [0.5, 0.6) is 5.75 Å². The molecule has 1 heterocycles. The van der Waals surface area contributed by atoms with Crippen LogP contribution >= 0.6 is 15.9 Å². The monoisotopic (exact) mass is 331 g/mol. The predicted molar refractivity (Wildman–Crippen MR) is 70.1 cm³/mol. The highest BCUT2D eigenvalue weighted by Crippen LogP contribution is 2.27. The summed E-state index contributed by atoms with van der Waals surface area (Å²) >= 11 is 3.24. The lowest BCUT2D eigenvalue weighted by atomic mass is 10.3. The Balaban J connectivity index is 2.33. The molecular weight excluding hydrogens is 322 g/mol. The maximum Gasteiger partial charge on any atom is 0.263 e. The van der Waals surface area contributed by atoms with E-state index in [2.05, 4.69) is 30.8 Å². The zero-order valence-electron chi connectivity index (χ0n) is 9.34. The Morgan fingerprint density at radius 2 is 2.17 bits per heavy atom. The Hall–Kier alpha value is -1.54. The van der Waals surface area contributed by atoms with Gasteiger partial charge in [0, 0.05) is 6.07 Å². The minimum Gasteiger partial charge on any atom is -0.496 e. The fraction of sp³-hybridized carbons (Fsp3) is 0.100. The number of aromatic amines is 1. The highest BCUT2D eigenvalue weighted by molar-refractivity contribution is 9.10. The predicted octanol–water partition coefficient (Wildman–Crippen LogP) is 1.98. The van der Waals surface area contributed by atoms with Crippen LogP contribution in [-0.2, 0) is 10.0 Å². The summed E-state index contributed by atoms with van der Waals surface area (Å²) in [4.78, 5) is 0.129. The Labute approximate surface area is 113 Å². The molecule has 1 aromatic carbocycles. The molecule has 8 heteroatoms. The minimum absolute atomic E-state index is 0.129. The number of H-pyrrole nitrogens is 1. The quantitative estimate of drug-likeness (QED) is 0.897. The maximum absolute atomic E-state index is 12.0. The summed E-state index contributed by atoms with van der Waals surface area (Å²) in [7, 11) is -2.13. The van der Waals surface area contributed by atoms with Crippen molar-refractivity contribution in [2.45, 2.75) is 4.90 Å². The van der Waals surface area contributed by atoms with Crippen molar-refractivity contribution in [1.82, 2.24) is 10.2 Å². The molecule has 0 fully saturated rings. The third kappa shape index (κ3) is 2.65. The number of anilines is 1. The van der Waals surface area contributed by atoms with Crippen molar-refractivity contribution in [2.24, 2.45) is 0 Å². The fourth-order valence-corrected chi connectivity index (χ4v) is 3.06. The van der Waals surface area contributed by atoms with E-state index in [9.17, 15) is 8.42 Å². The zero-order valence-corrected chi connectivity index (χ0v) is 11.7. The van der Waals surface area contributed by atoms with Crippen LogP contribution in [0.2, 0.25) is 0 Å². The number of hydrogen-bond donors (Lipinski definition) is 2. The largest absolute Gasteiger partial charge is 0.496 e. The average Bonchev–Trinajstić information content (AvgIpc) is 2.81. The van der Waals surface area contributed by atoms with E-state index in [1.807, 2.05) is 0 Å². The molecule has 0 unspecified atom stereocenters. The van der Waals surface area contributed by atoms with Crippen molar-refractivity contribution >= 4 is 31.8 Å². The van der Waals surface area contributed by atoms with Crippen LogP contribution < -0.4 is 9.46 Å². The van der Waals surface area contributed by atoms with Crippen LogP contribution in [0.3, 0.4) is 0 Å². The first-order valence-corrected chi connectivity index (χ1v) is 7.16. The molecule has 2 N–H and O–H groups in total. The lowest BCUT2D eigenvalue weighted by Crippen LogP contribution is -2.13. The molecule has 0 aliphatic rings. The molecule has 0 saturated heterocycles. The van der Waals surface area contributed by atoms with E-state index < -0.39 is 10.0 Å². The molecule has 0 spiro atoms. The van der Waals surface area contributed by atoms with Crippen LogP contribution in [0.15, 0.2) is 39.8 Å². The van der Waals surface area contributed by atoms with Gasteiger partial charge < -0.3 is 4.74 Å². The molecule has 0 atom stereocenters. The second-order valence-electron chi connectivity index (χ2n) is 3.37. The van der Waals surface area contributed by atoms with Crippen molar-refractivity contribution < 1.29 is 13.2 Å². The first-order valence-electron chi connectivity index (χ1n) is 4.88. The Bertz CT molecular complexity index is 640. The second-order valence-corrected chi connectivity index (χ2v) is 5.91. The molecule has 96 valence electrons. The van der Waals surface area contributed by atoms with Gasteiger partial charge in [0.1, 0.15) is 11.6 Å². The topological polar surface area (TPSA) is 84.1 Å². The van der Waals surface area contributed by atoms with Crippen molar-refractivity contribution in [3.05, 3.63) is 34.9 Å². The van der Waals surface area contributed by atoms with E-state index in [1.165, 1.54) is 31.5 Å². The first kappa shape index (κ1) is 12.9. The van der Waals surface area contributed by atoms with Gasteiger partial charge in [0.25, 0.3) is 10.0 Å². The number of hydrogen-bond acceptors (Lipinski definition) is 4. The summed E-state index contributed by atoms with van der Waals surface area (Å²) in [6.45, 7) is 0. The summed E-state index contributed by atoms with van der Waals surface area (Å²) in [5.74, 6) is 0.873. The Morgan fingerprint density at radius 1 is 1.39 bits per heavy atom. The molecule has 0 bridgehead atoms. The van der Waals surface area contributed by atoms with E-state index in [-0.39, 0.29) is 4.90 Å². The second kappa shape index (κ2) is 4.99. The van der Waals surface area contributed by atoms with Crippen molar-refractivity contribution in [2.75, 3.05) is 11.8 Å². The number of sulfonamides is 1. The van der Waals surface area contributed by atoms with Gasteiger partial charge in [0.05, 0.1) is 22.7 Å². The van der Waals surface area contributed by atoms with E-state index >= 15 is 0 Å². The van der Waals surface area contributed by atoms with Crippen LogP contribution in [0.25, 0.3) is 0 Å². The standard InChI is InChI=1S/C10H10BrN3O3S/c1-17-9-3-2-7(6-8(9)11)18(15,16)14-10-4-5-12-13-10/h2-6H,1H3,(H2,12,13,14). The molecule has 0 saturated carbocycles. The number of halogens is 1. The van der Waals surface area contributed by atoms with Gasteiger partial charge in [-0.2, -0.15) is 5.10 Å². The van der Waals surface area contributed by atoms with E-state index in [1.54, 1.807) is 6.07 Å². The van der Waals surface area contributed by atoms with Gasteiger partial charge in [-0.15, -0.1) is 0 Å². The van der Waals surface area contributed by atoms with Crippen LogP contribution in [-0.4, -0.2) is 25.7 Å². The molecule has 18 heavy (non-hydrogen) atoms. The third-order valence-corrected chi connectivity index (χ3v) is 4.16. The number of aromatic nitrogens is 2. The summed E-state index contributed by atoms with van der Waals surface area (Å²) in [6, 6.07) is 6.03. The highest BCUT2D eigenvalue weighted by Gasteiger charge is 2.16. The summed E-state index contributed by atoms with van der Waals surface area (Å²) < 4.78 is 32.0. The van der Waals surface area contributed by atoms with Crippen LogP contribution in [0.4, 0.5) is 5.82 Å². The van der Waals surface area contributed by atoms with Gasteiger partial charge in [0.2, 0.25) is 0 Å². The Kier molecular flexibility index (Phi) is 3.58. The highest BCUT2D eigenvalue weighted by atomic mass is 79.9. The SMILES string of the molecule is COc1ccc(S(=O)(=O)Nc2ccn[nH]2)cc1Br. The van der Waals surface area contributed by atoms with Gasteiger partial charge in [-0.3, -0.25) is 9.82 Å². The summed E-state index contributed by atoms with van der Waals surface area (Å²) in [6.07, 6.45) is 1.46. The van der Waals surface area contributed by atoms with E-state index in [0.29, 0.717) is 16.0 Å².